The zero-order valence-electron chi connectivity index (χ0n) is 10.8. The second kappa shape index (κ2) is 4.85. The molecule has 1 aliphatic rings. The lowest BCUT2D eigenvalue weighted by molar-refractivity contribution is 0.352. The SMILES string of the molecule is CC(CC#N)Cc1nc(C2Cc3ccccc32)no1. The molecule has 1 heterocycles. The zero-order chi connectivity index (χ0) is 13.2. The molecule has 4 heteroatoms. The second-order valence-electron chi connectivity index (χ2n) is 5.17. The number of benzene rings is 1. The van der Waals surface area contributed by atoms with Gasteiger partial charge in [0.1, 0.15) is 0 Å². The molecule has 2 aromatic rings. The quantitative estimate of drug-likeness (QED) is 0.840. The van der Waals surface area contributed by atoms with E-state index in [1.165, 1.54) is 11.1 Å². The third-order valence-electron chi connectivity index (χ3n) is 3.61. The Labute approximate surface area is 112 Å². The number of hydrogen-bond acceptors (Lipinski definition) is 4. The maximum absolute atomic E-state index is 8.65. The smallest absolute Gasteiger partial charge is 0.226 e. The van der Waals surface area contributed by atoms with E-state index in [2.05, 4.69) is 34.4 Å². The van der Waals surface area contributed by atoms with Crippen LogP contribution in [0.2, 0.25) is 0 Å². The van der Waals surface area contributed by atoms with Gasteiger partial charge in [0, 0.05) is 12.8 Å². The highest BCUT2D eigenvalue weighted by molar-refractivity contribution is 5.43. The summed E-state index contributed by atoms with van der Waals surface area (Å²) >= 11 is 0. The first-order chi connectivity index (χ1) is 9.28. The number of rotatable bonds is 4. The highest BCUT2D eigenvalue weighted by Crippen LogP contribution is 2.38. The van der Waals surface area contributed by atoms with Crippen LogP contribution in [0.1, 0.15) is 42.1 Å². The third-order valence-corrected chi connectivity index (χ3v) is 3.61. The van der Waals surface area contributed by atoms with Gasteiger partial charge >= 0.3 is 0 Å². The summed E-state index contributed by atoms with van der Waals surface area (Å²) in [6.45, 7) is 2.02. The summed E-state index contributed by atoms with van der Waals surface area (Å²) in [5.41, 5.74) is 2.68. The monoisotopic (exact) mass is 253 g/mol. The highest BCUT2D eigenvalue weighted by Gasteiger charge is 2.30. The summed E-state index contributed by atoms with van der Waals surface area (Å²) in [5, 5.41) is 12.7. The van der Waals surface area contributed by atoms with Gasteiger partial charge in [-0.3, -0.25) is 0 Å². The Balaban J connectivity index is 1.72. The number of nitrogens with zero attached hydrogens (tertiary/aromatic N) is 3. The van der Waals surface area contributed by atoms with Crippen LogP contribution in [0, 0.1) is 17.2 Å². The molecule has 0 saturated heterocycles. The molecule has 2 atom stereocenters. The summed E-state index contributed by atoms with van der Waals surface area (Å²) < 4.78 is 5.28. The van der Waals surface area contributed by atoms with Crippen LogP contribution in [0.25, 0.3) is 0 Å². The van der Waals surface area contributed by atoms with E-state index in [1.807, 2.05) is 13.0 Å². The van der Waals surface area contributed by atoms with E-state index >= 15 is 0 Å². The van der Waals surface area contributed by atoms with Crippen LogP contribution in [-0.2, 0) is 12.8 Å². The molecule has 0 spiro atoms. The molecule has 3 rings (SSSR count). The van der Waals surface area contributed by atoms with Crippen molar-refractivity contribution in [3.05, 3.63) is 47.1 Å². The predicted molar refractivity (Wildman–Crippen MR) is 69.4 cm³/mol. The Morgan fingerprint density at radius 2 is 2.32 bits per heavy atom. The minimum absolute atomic E-state index is 0.256. The van der Waals surface area contributed by atoms with Crippen molar-refractivity contribution in [1.82, 2.24) is 10.1 Å². The van der Waals surface area contributed by atoms with E-state index < -0.39 is 0 Å². The van der Waals surface area contributed by atoms with Gasteiger partial charge in [-0.1, -0.05) is 36.3 Å². The zero-order valence-corrected chi connectivity index (χ0v) is 10.8. The van der Waals surface area contributed by atoms with E-state index in [4.69, 9.17) is 9.78 Å². The molecule has 4 nitrogen and oxygen atoms in total. The van der Waals surface area contributed by atoms with Crippen molar-refractivity contribution in [3.8, 4) is 6.07 Å². The van der Waals surface area contributed by atoms with E-state index in [-0.39, 0.29) is 11.8 Å². The average Bonchev–Trinajstić information content (AvgIpc) is 2.79. The van der Waals surface area contributed by atoms with Gasteiger partial charge in [0.25, 0.3) is 0 Å². The Bertz CT molecular complexity index is 626. The molecule has 0 saturated carbocycles. The topological polar surface area (TPSA) is 62.7 Å². The molecule has 96 valence electrons. The van der Waals surface area contributed by atoms with Crippen LogP contribution in [0.3, 0.4) is 0 Å². The molecule has 0 amide bonds. The van der Waals surface area contributed by atoms with E-state index in [1.54, 1.807) is 0 Å². The number of aromatic nitrogens is 2. The lowest BCUT2D eigenvalue weighted by Crippen LogP contribution is -2.19. The fourth-order valence-corrected chi connectivity index (χ4v) is 2.51. The van der Waals surface area contributed by atoms with Crippen LogP contribution in [0.4, 0.5) is 0 Å². The molecule has 0 radical (unpaired) electrons. The molecule has 0 N–H and O–H groups in total. The molecule has 2 unspecified atom stereocenters. The minimum Gasteiger partial charge on any atom is -0.339 e. The lowest BCUT2D eigenvalue weighted by Gasteiger charge is -2.27. The van der Waals surface area contributed by atoms with Gasteiger partial charge in [-0.15, -0.1) is 0 Å². The molecular formula is C15H15N3O. The van der Waals surface area contributed by atoms with E-state index in [0.717, 1.165) is 12.2 Å². The van der Waals surface area contributed by atoms with Gasteiger partial charge < -0.3 is 4.52 Å². The minimum atomic E-state index is 0.256. The Kier molecular flexibility index (Phi) is 3.04. The molecule has 19 heavy (non-hydrogen) atoms. The van der Waals surface area contributed by atoms with Crippen molar-refractivity contribution in [2.24, 2.45) is 5.92 Å². The van der Waals surface area contributed by atoms with Gasteiger partial charge in [0.05, 0.1) is 12.0 Å². The molecule has 0 fully saturated rings. The van der Waals surface area contributed by atoms with Gasteiger partial charge in [0.15, 0.2) is 5.82 Å². The van der Waals surface area contributed by atoms with Crippen molar-refractivity contribution >= 4 is 0 Å². The van der Waals surface area contributed by atoms with Crippen molar-refractivity contribution in [2.75, 3.05) is 0 Å². The van der Waals surface area contributed by atoms with Crippen molar-refractivity contribution in [2.45, 2.75) is 32.1 Å². The van der Waals surface area contributed by atoms with Crippen LogP contribution >= 0.6 is 0 Å². The van der Waals surface area contributed by atoms with Crippen molar-refractivity contribution < 1.29 is 4.52 Å². The summed E-state index contributed by atoms with van der Waals surface area (Å²) in [4.78, 5) is 4.47. The number of fused-ring (bicyclic) bond motifs is 1. The first-order valence-electron chi connectivity index (χ1n) is 6.55. The summed E-state index contributed by atoms with van der Waals surface area (Å²) in [6.07, 6.45) is 2.18. The number of nitriles is 1. The third kappa shape index (κ3) is 2.24. The fraction of sp³-hybridized carbons (Fsp3) is 0.400. The van der Waals surface area contributed by atoms with Crippen molar-refractivity contribution in [1.29, 1.82) is 5.26 Å². The van der Waals surface area contributed by atoms with E-state index in [0.29, 0.717) is 18.7 Å². The van der Waals surface area contributed by atoms with Gasteiger partial charge in [-0.2, -0.15) is 10.2 Å². The van der Waals surface area contributed by atoms with Gasteiger partial charge in [0.2, 0.25) is 5.89 Å². The highest BCUT2D eigenvalue weighted by atomic mass is 16.5. The first kappa shape index (κ1) is 11.9. The van der Waals surface area contributed by atoms with Crippen LogP contribution in [0.15, 0.2) is 28.8 Å². The number of hydrogen-bond donors (Lipinski definition) is 0. The Morgan fingerprint density at radius 1 is 1.47 bits per heavy atom. The molecule has 1 aromatic heterocycles. The molecule has 0 aliphatic heterocycles. The molecule has 0 bridgehead atoms. The average molecular weight is 253 g/mol. The maximum Gasteiger partial charge on any atom is 0.226 e. The largest absolute Gasteiger partial charge is 0.339 e. The predicted octanol–water partition coefficient (Wildman–Crippen LogP) is 2.85. The van der Waals surface area contributed by atoms with Gasteiger partial charge in [-0.25, -0.2) is 0 Å². The summed E-state index contributed by atoms with van der Waals surface area (Å²) in [7, 11) is 0. The van der Waals surface area contributed by atoms with Crippen molar-refractivity contribution in [3.63, 3.8) is 0 Å². The summed E-state index contributed by atoms with van der Waals surface area (Å²) in [5.74, 6) is 1.95. The summed E-state index contributed by atoms with van der Waals surface area (Å²) in [6, 6.07) is 10.5. The Morgan fingerprint density at radius 3 is 3.11 bits per heavy atom. The second-order valence-corrected chi connectivity index (χ2v) is 5.17. The molecular weight excluding hydrogens is 238 g/mol. The van der Waals surface area contributed by atoms with Crippen LogP contribution in [0.5, 0.6) is 0 Å². The van der Waals surface area contributed by atoms with Crippen LogP contribution in [-0.4, -0.2) is 10.1 Å². The van der Waals surface area contributed by atoms with E-state index in [9.17, 15) is 0 Å². The van der Waals surface area contributed by atoms with Crippen LogP contribution < -0.4 is 0 Å². The van der Waals surface area contributed by atoms with Gasteiger partial charge in [-0.05, 0) is 23.5 Å². The standard InChI is InChI=1S/C15H15N3O/c1-10(6-7-16)8-14-17-15(18-19-14)13-9-11-4-2-3-5-12(11)13/h2-5,10,13H,6,8-9H2,1H3. The Hall–Kier alpha value is -2.15. The fourth-order valence-electron chi connectivity index (χ4n) is 2.51. The maximum atomic E-state index is 8.65. The molecule has 1 aliphatic carbocycles. The normalized spacial score (nSPS) is 18.2. The molecule has 1 aromatic carbocycles. The first-order valence-corrected chi connectivity index (χ1v) is 6.55. The lowest BCUT2D eigenvalue weighted by atomic mass is 9.77.